The van der Waals surface area contributed by atoms with Crippen molar-refractivity contribution in [3.8, 4) is 0 Å². The van der Waals surface area contributed by atoms with Crippen molar-refractivity contribution < 1.29 is 68.3 Å². The van der Waals surface area contributed by atoms with Crippen molar-refractivity contribution in [3.63, 3.8) is 0 Å². The van der Waals surface area contributed by atoms with E-state index in [4.69, 9.17) is 38.0 Å². The van der Waals surface area contributed by atoms with Crippen LogP contribution in [0.2, 0.25) is 0 Å². The zero-order valence-electron chi connectivity index (χ0n) is 37.6. The van der Waals surface area contributed by atoms with Gasteiger partial charge in [-0.25, -0.2) is 0 Å². The van der Waals surface area contributed by atoms with E-state index in [1.165, 1.54) is 6.92 Å². The van der Waals surface area contributed by atoms with E-state index < -0.39 is 95.5 Å². The third kappa shape index (κ3) is 12.1. The molecule has 0 amide bonds. The average molecular weight is 835 g/mol. The zero-order chi connectivity index (χ0) is 43.9. The van der Waals surface area contributed by atoms with Crippen molar-refractivity contribution in [1.82, 2.24) is 4.90 Å². The summed E-state index contributed by atoms with van der Waals surface area (Å²) in [5, 5.41) is 63.8. The topological polar surface area (TPSA) is 208 Å². The van der Waals surface area contributed by atoms with Gasteiger partial charge in [0.05, 0.1) is 72.7 Å². The molecule has 3 fully saturated rings. The van der Waals surface area contributed by atoms with Crippen LogP contribution in [0.1, 0.15) is 101 Å². The van der Waals surface area contributed by atoms with Gasteiger partial charge in [0, 0.05) is 44.4 Å². The molecule has 3 unspecified atom stereocenters. The summed E-state index contributed by atoms with van der Waals surface area (Å²) in [6.07, 6.45) is -7.00. The number of carbonyl (C=O) groups is 1. The molecular weight excluding hydrogens is 756 g/mol. The van der Waals surface area contributed by atoms with Crippen LogP contribution < -0.4 is 0 Å². The normalized spacial score (nSPS) is 45.8. The number of nitrogens with zero attached hydrogens (tertiary/aromatic N) is 2. The highest BCUT2D eigenvalue weighted by atomic mass is 16.7. The number of aliphatic hydroxyl groups excluding tert-OH is 3. The van der Waals surface area contributed by atoms with Crippen molar-refractivity contribution in [2.24, 2.45) is 34.7 Å². The number of hydrogen-bond acceptors (Lipinski definition) is 16. The number of rotatable bonds is 13. The summed E-state index contributed by atoms with van der Waals surface area (Å²) in [7, 11) is 6.85. The minimum Gasteiger partial charge on any atom is -0.459 e. The Morgan fingerprint density at radius 1 is 0.897 bits per heavy atom. The number of oxime groups is 1. The van der Waals surface area contributed by atoms with Crippen LogP contribution in [-0.4, -0.2) is 168 Å². The Morgan fingerprint density at radius 2 is 1.55 bits per heavy atom. The third-order valence-electron chi connectivity index (χ3n) is 13.1. The van der Waals surface area contributed by atoms with E-state index in [9.17, 15) is 30.3 Å². The van der Waals surface area contributed by atoms with Crippen LogP contribution in [0.5, 0.6) is 0 Å². The maximum absolute atomic E-state index is 14.4. The number of cyclic esters (lactones) is 1. The summed E-state index contributed by atoms with van der Waals surface area (Å²) in [6, 6.07) is -0.308. The molecule has 0 spiro atoms. The van der Waals surface area contributed by atoms with E-state index in [-0.39, 0.29) is 44.3 Å². The van der Waals surface area contributed by atoms with E-state index in [0.29, 0.717) is 31.6 Å². The first-order chi connectivity index (χ1) is 27.0. The summed E-state index contributed by atoms with van der Waals surface area (Å²) in [5.74, 6) is -4.09. The quantitative estimate of drug-likeness (QED) is 0.0783. The summed E-state index contributed by atoms with van der Waals surface area (Å²) < 4.78 is 42.4. The second-order valence-corrected chi connectivity index (χ2v) is 18.3. The lowest BCUT2D eigenvalue weighted by Crippen LogP contribution is -2.60. The number of aliphatic hydroxyl groups is 5. The zero-order valence-corrected chi connectivity index (χ0v) is 37.6. The third-order valence-corrected chi connectivity index (χ3v) is 13.1. The monoisotopic (exact) mass is 835 g/mol. The number of hydrogen-bond donors (Lipinski definition) is 5. The van der Waals surface area contributed by atoms with E-state index in [1.54, 1.807) is 41.9 Å². The molecule has 16 nitrogen and oxygen atoms in total. The van der Waals surface area contributed by atoms with Crippen LogP contribution in [-0.2, 0) is 42.8 Å². The van der Waals surface area contributed by atoms with Crippen LogP contribution in [0.15, 0.2) is 5.16 Å². The van der Waals surface area contributed by atoms with Crippen molar-refractivity contribution in [3.05, 3.63) is 0 Å². The van der Waals surface area contributed by atoms with E-state index in [1.807, 2.05) is 53.6 Å². The van der Waals surface area contributed by atoms with Gasteiger partial charge in [-0.05, 0) is 80.3 Å². The molecule has 0 radical (unpaired) electrons. The van der Waals surface area contributed by atoms with Crippen molar-refractivity contribution in [2.45, 2.75) is 179 Å². The highest BCUT2D eigenvalue weighted by Crippen LogP contribution is 2.42. The summed E-state index contributed by atoms with van der Waals surface area (Å²) in [6.45, 7) is 17.9. The maximum atomic E-state index is 14.4. The Bertz CT molecular complexity index is 1300. The molecule has 16 heteroatoms. The molecule has 0 aromatic heterocycles. The molecule has 3 aliphatic rings. The molecule has 0 aromatic rings. The van der Waals surface area contributed by atoms with Gasteiger partial charge in [0.15, 0.2) is 6.29 Å². The number of likely N-dealkylation sites (N-methyl/N-ethyl adjacent to an activating group) is 1. The lowest BCUT2D eigenvalue weighted by molar-refractivity contribution is -0.301. The molecule has 5 N–H and O–H groups in total. The Labute approximate surface area is 346 Å². The van der Waals surface area contributed by atoms with Gasteiger partial charge in [0.1, 0.15) is 17.8 Å². The summed E-state index contributed by atoms with van der Waals surface area (Å²) in [5.41, 5.74) is -4.28. The largest absolute Gasteiger partial charge is 0.459 e. The fraction of sp³-hybridized carbons (Fsp3) is 0.952. The van der Waals surface area contributed by atoms with Gasteiger partial charge >= 0.3 is 5.97 Å². The Balaban J connectivity index is 2.22. The van der Waals surface area contributed by atoms with E-state index in [2.05, 4.69) is 5.16 Å². The molecule has 1 saturated carbocycles. The Morgan fingerprint density at radius 3 is 2.14 bits per heavy atom. The standard InChI is InChI=1S/C42H78N2O14/c1-15-31-42(10,50)36(47)26(5)32(43-54-22-53-17-16-51-13)24(3)20-40(8,49)37(58-39-33(45)30(44(11)12)19-25(4)55-39)27(6)34(28(7)38(48)57-31)56-29-18-23(2)35(46)41(9,21-29)52-14/h23-31,33-37,39,45-47,49-50H,15-22H2,1-14H3/t23?,24-,25?,26+,27+,28-,29-,30-,31-,33?,34+,35+,36-,37-,39+,40-,41+,42-/m1/s1. The molecular formula is C42H78N2O14. The average Bonchev–Trinajstić information content (AvgIpc) is 3.15. The Kier molecular flexibility index (Phi) is 18.8. The highest BCUT2D eigenvalue weighted by Gasteiger charge is 2.53. The van der Waals surface area contributed by atoms with E-state index >= 15 is 0 Å². The van der Waals surface area contributed by atoms with Gasteiger partial charge in [-0.2, -0.15) is 0 Å². The van der Waals surface area contributed by atoms with Crippen LogP contribution in [0.4, 0.5) is 0 Å². The predicted octanol–water partition coefficient (Wildman–Crippen LogP) is 2.87. The molecule has 0 bridgehead atoms. The summed E-state index contributed by atoms with van der Waals surface area (Å²) in [4.78, 5) is 21.9. The molecule has 2 heterocycles. The van der Waals surface area contributed by atoms with Gasteiger partial charge in [0.25, 0.3) is 0 Å². The van der Waals surface area contributed by atoms with Crippen LogP contribution in [0.3, 0.4) is 0 Å². The molecule has 3 rings (SSSR count). The molecule has 1 aliphatic carbocycles. The lowest BCUT2D eigenvalue weighted by Gasteiger charge is -2.49. The predicted molar refractivity (Wildman–Crippen MR) is 216 cm³/mol. The lowest BCUT2D eigenvalue weighted by atomic mass is 9.73. The van der Waals surface area contributed by atoms with Crippen molar-refractivity contribution >= 4 is 11.7 Å². The first-order valence-electron chi connectivity index (χ1n) is 21.1. The van der Waals surface area contributed by atoms with Crippen molar-refractivity contribution in [1.29, 1.82) is 0 Å². The smallest absolute Gasteiger partial charge is 0.311 e. The maximum Gasteiger partial charge on any atom is 0.311 e. The van der Waals surface area contributed by atoms with E-state index in [0.717, 1.165) is 0 Å². The Hall–Kier alpha value is -1.54. The van der Waals surface area contributed by atoms with Gasteiger partial charge < -0.3 is 68.4 Å². The molecule has 340 valence electrons. The minimum atomic E-state index is -1.94. The van der Waals surface area contributed by atoms with Crippen molar-refractivity contribution in [2.75, 3.05) is 48.3 Å². The SMILES string of the molecule is CC[C@H]1OC(=O)[C@H](C)[C@@H](O[C@@H]2CC(C)[C@H](O)[C@@](C)(OC)C2)[C@H](C)[C@@H](O[C@@H]2OC(C)C[C@@H](N(C)C)C2O)[C@](C)(O)C[C@@H](C)C(=NOCOCCOC)[C@H](C)[C@@H](O)[C@]1(C)O. The number of ether oxygens (including phenoxy) is 7. The molecule has 0 aromatic carbocycles. The van der Waals surface area contributed by atoms with Crippen LogP contribution in [0.25, 0.3) is 0 Å². The van der Waals surface area contributed by atoms with Gasteiger partial charge in [0.2, 0.25) is 6.79 Å². The number of esters is 1. The molecule has 2 saturated heterocycles. The van der Waals surface area contributed by atoms with Gasteiger partial charge in [-0.1, -0.05) is 39.8 Å². The molecule has 58 heavy (non-hydrogen) atoms. The molecule has 18 atom stereocenters. The summed E-state index contributed by atoms with van der Waals surface area (Å²) >= 11 is 0. The van der Waals surface area contributed by atoms with Gasteiger partial charge in [-0.15, -0.1) is 0 Å². The first kappa shape index (κ1) is 50.8. The second kappa shape index (κ2) is 21.5. The highest BCUT2D eigenvalue weighted by molar-refractivity contribution is 5.88. The molecule has 2 aliphatic heterocycles. The van der Waals surface area contributed by atoms with Gasteiger partial charge in [-0.3, -0.25) is 4.79 Å². The fourth-order valence-corrected chi connectivity index (χ4v) is 9.49. The fourth-order valence-electron chi connectivity index (χ4n) is 9.49. The van der Waals surface area contributed by atoms with Crippen LogP contribution in [0, 0.1) is 29.6 Å². The second-order valence-electron chi connectivity index (χ2n) is 18.3. The number of methoxy groups -OCH3 is 2. The minimum absolute atomic E-state index is 0.000563. The number of carbonyl (C=O) groups excluding carboxylic acids is 1. The first-order valence-corrected chi connectivity index (χ1v) is 21.1. The van der Waals surface area contributed by atoms with Crippen LogP contribution >= 0.6 is 0 Å².